The van der Waals surface area contributed by atoms with Crippen LogP contribution in [0.25, 0.3) is 0 Å². The van der Waals surface area contributed by atoms with Gasteiger partial charge in [-0.3, -0.25) is 9.69 Å². The van der Waals surface area contributed by atoms with E-state index in [1.54, 1.807) is 24.2 Å². The van der Waals surface area contributed by atoms with Crippen molar-refractivity contribution in [3.8, 4) is 0 Å². The van der Waals surface area contributed by atoms with Gasteiger partial charge in [-0.05, 0) is 31.0 Å². The number of halogens is 1. The molecule has 0 bridgehead atoms. The van der Waals surface area contributed by atoms with E-state index < -0.39 is 6.23 Å². The Morgan fingerprint density at radius 2 is 1.96 bits per heavy atom. The van der Waals surface area contributed by atoms with Crippen molar-refractivity contribution in [2.24, 2.45) is 0 Å². The lowest BCUT2D eigenvalue weighted by molar-refractivity contribution is -0.148. The third-order valence-corrected chi connectivity index (χ3v) is 4.03. The lowest BCUT2D eigenvalue weighted by Gasteiger charge is -2.36. The number of hydrogen-bond acceptors (Lipinski definition) is 3. The van der Waals surface area contributed by atoms with Gasteiger partial charge in [0, 0.05) is 12.4 Å². The third kappa shape index (κ3) is 3.27. The first-order chi connectivity index (χ1) is 11.2. The molecule has 23 heavy (non-hydrogen) atoms. The summed E-state index contributed by atoms with van der Waals surface area (Å²) in [7, 11) is 0. The second kappa shape index (κ2) is 6.92. The molecule has 0 radical (unpaired) electrons. The molecule has 1 amide bonds. The van der Waals surface area contributed by atoms with Crippen LogP contribution in [-0.4, -0.2) is 16.7 Å². The Hall–Kier alpha value is -2.20. The largest absolute Gasteiger partial charge is 0.467 e. The number of alkyl halides is 1. The molecule has 4 nitrogen and oxygen atoms in total. The zero-order valence-electron chi connectivity index (χ0n) is 12.9. The van der Waals surface area contributed by atoms with Gasteiger partial charge in [-0.15, -0.1) is 11.6 Å². The van der Waals surface area contributed by atoms with Gasteiger partial charge < -0.3 is 9.15 Å². The standard InChI is InChI=1S/C18H18ClNO3/c1-13-15(9-10-19)17(21)20(12-14-6-3-2-4-7-14)18(23-13)16-8-5-11-22-16/h2-8,11,18H,9-10,12H2,1H3. The minimum absolute atomic E-state index is 0.0559. The Bertz CT molecular complexity index is 694. The Morgan fingerprint density at radius 3 is 2.61 bits per heavy atom. The molecule has 1 aliphatic heterocycles. The highest BCUT2D eigenvalue weighted by Gasteiger charge is 2.36. The Balaban J connectivity index is 1.95. The Kier molecular flexibility index (Phi) is 4.72. The number of carbonyl (C=O) groups excluding carboxylic acids is 1. The molecular formula is C18H18ClNO3. The van der Waals surface area contributed by atoms with Crippen molar-refractivity contribution >= 4 is 17.5 Å². The lowest BCUT2D eigenvalue weighted by atomic mass is 10.1. The summed E-state index contributed by atoms with van der Waals surface area (Å²) in [6, 6.07) is 13.4. The molecular weight excluding hydrogens is 314 g/mol. The average molecular weight is 332 g/mol. The summed E-state index contributed by atoms with van der Waals surface area (Å²) in [6.07, 6.45) is 1.51. The second-order valence-electron chi connectivity index (χ2n) is 5.38. The van der Waals surface area contributed by atoms with Gasteiger partial charge in [-0.25, -0.2) is 0 Å². The Labute approximate surface area is 140 Å². The summed E-state index contributed by atoms with van der Waals surface area (Å²) in [5, 5.41) is 0. The van der Waals surface area contributed by atoms with Crippen LogP contribution in [-0.2, 0) is 16.1 Å². The summed E-state index contributed by atoms with van der Waals surface area (Å²) in [5.41, 5.74) is 1.66. The topological polar surface area (TPSA) is 42.7 Å². The van der Waals surface area contributed by atoms with Crippen molar-refractivity contribution in [1.82, 2.24) is 4.90 Å². The highest BCUT2D eigenvalue weighted by Crippen LogP contribution is 2.34. The van der Waals surface area contributed by atoms with Crippen molar-refractivity contribution in [1.29, 1.82) is 0 Å². The molecule has 2 aromatic rings. The van der Waals surface area contributed by atoms with Crippen LogP contribution in [0, 0.1) is 0 Å². The Morgan fingerprint density at radius 1 is 1.17 bits per heavy atom. The maximum Gasteiger partial charge on any atom is 0.256 e. The predicted octanol–water partition coefficient (Wildman–Crippen LogP) is 4.24. The van der Waals surface area contributed by atoms with Crippen molar-refractivity contribution in [2.75, 3.05) is 5.88 Å². The molecule has 0 fully saturated rings. The highest BCUT2D eigenvalue weighted by molar-refractivity contribution is 6.18. The van der Waals surface area contributed by atoms with Gasteiger partial charge in [-0.1, -0.05) is 30.3 Å². The van der Waals surface area contributed by atoms with Gasteiger partial charge in [0.2, 0.25) is 6.23 Å². The smallest absolute Gasteiger partial charge is 0.256 e. The predicted molar refractivity (Wildman–Crippen MR) is 87.6 cm³/mol. The molecule has 1 atom stereocenters. The van der Waals surface area contributed by atoms with E-state index in [0.29, 0.717) is 35.9 Å². The van der Waals surface area contributed by atoms with Crippen LogP contribution in [0.15, 0.2) is 64.5 Å². The fourth-order valence-corrected chi connectivity index (χ4v) is 2.88. The SMILES string of the molecule is CC1=C(CCCl)C(=O)N(Cc2ccccc2)C(c2ccco2)O1. The molecule has 0 aliphatic carbocycles. The first-order valence-corrected chi connectivity index (χ1v) is 8.05. The van der Waals surface area contributed by atoms with Crippen LogP contribution in [0.3, 0.4) is 0 Å². The van der Waals surface area contributed by atoms with E-state index in [9.17, 15) is 4.79 Å². The quantitative estimate of drug-likeness (QED) is 0.770. The number of hydrogen-bond donors (Lipinski definition) is 0. The second-order valence-corrected chi connectivity index (χ2v) is 5.76. The summed E-state index contributed by atoms with van der Waals surface area (Å²) in [5.74, 6) is 1.55. The number of nitrogens with zero attached hydrogens (tertiary/aromatic N) is 1. The minimum atomic E-state index is -0.559. The summed E-state index contributed by atoms with van der Waals surface area (Å²) >= 11 is 5.83. The molecule has 0 spiro atoms. The normalized spacial score (nSPS) is 18.3. The molecule has 2 heterocycles. The van der Waals surface area contributed by atoms with Gasteiger partial charge in [-0.2, -0.15) is 0 Å². The molecule has 3 rings (SSSR count). The van der Waals surface area contributed by atoms with Crippen LogP contribution >= 0.6 is 11.6 Å². The van der Waals surface area contributed by atoms with Crippen LogP contribution < -0.4 is 0 Å². The summed E-state index contributed by atoms with van der Waals surface area (Å²) in [4.78, 5) is 14.6. The van der Waals surface area contributed by atoms with Crippen molar-refractivity contribution in [3.05, 3.63) is 71.4 Å². The van der Waals surface area contributed by atoms with E-state index in [2.05, 4.69) is 0 Å². The number of amides is 1. The van der Waals surface area contributed by atoms with Crippen LogP contribution in [0.5, 0.6) is 0 Å². The molecule has 0 saturated carbocycles. The number of benzene rings is 1. The van der Waals surface area contributed by atoms with Crippen molar-refractivity contribution in [2.45, 2.75) is 26.1 Å². The van der Waals surface area contributed by atoms with E-state index >= 15 is 0 Å². The zero-order chi connectivity index (χ0) is 16.2. The van der Waals surface area contributed by atoms with Crippen molar-refractivity contribution in [3.63, 3.8) is 0 Å². The minimum Gasteiger partial charge on any atom is -0.467 e. The summed E-state index contributed by atoms with van der Waals surface area (Å²) < 4.78 is 11.4. The van der Waals surface area contributed by atoms with E-state index in [-0.39, 0.29) is 5.91 Å². The van der Waals surface area contributed by atoms with Crippen molar-refractivity contribution < 1.29 is 13.9 Å². The molecule has 5 heteroatoms. The molecule has 0 N–H and O–H groups in total. The first-order valence-electron chi connectivity index (χ1n) is 7.51. The number of furan rings is 1. The molecule has 1 aromatic heterocycles. The first kappa shape index (κ1) is 15.7. The third-order valence-electron chi connectivity index (χ3n) is 3.84. The molecule has 120 valence electrons. The van der Waals surface area contributed by atoms with Gasteiger partial charge in [0.25, 0.3) is 5.91 Å². The maximum absolute atomic E-state index is 12.9. The number of carbonyl (C=O) groups is 1. The van der Waals surface area contributed by atoms with E-state index in [1.807, 2.05) is 36.4 Å². The fraction of sp³-hybridized carbons (Fsp3) is 0.278. The van der Waals surface area contributed by atoms with E-state index in [0.717, 1.165) is 5.56 Å². The number of allylic oxidation sites excluding steroid dienone is 1. The zero-order valence-corrected chi connectivity index (χ0v) is 13.6. The van der Waals surface area contributed by atoms with E-state index in [1.165, 1.54) is 0 Å². The van der Waals surface area contributed by atoms with Crippen LogP contribution in [0.2, 0.25) is 0 Å². The fourth-order valence-electron chi connectivity index (χ4n) is 2.69. The van der Waals surface area contributed by atoms with Gasteiger partial charge in [0.1, 0.15) is 5.76 Å². The molecule has 1 aromatic carbocycles. The highest BCUT2D eigenvalue weighted by atomic mass is 35.5. The molecule has 1 aliphatic rings. The number of rotatable bonds is 5. The summed E-state index contributed by atoms with van der Waals surface area (Å²) in [6.45, 7) is 2.25. The lowest BCUT2D eigenvalue weighted by Crippen LogP contribution is -2.40. The molecule has 0 saturated heterocycles. The molecule has 1 unspecified atom stereocenters. The van der Waals surface area contributed by atoms with Gasteiger partial charge in [0.05, 0.1) is 11.8 Å². The number of ether oxygens (including phenoxy) is 1. The van der Waals surface area contributed by atoms with Crippen LogP contribution in [0.1, 0.15) is 30.9 Å². The maximum atomic E-state index is 12.9. The van der Waals surface area contributed by atoms with Gasteiger partial charge in [0.15, 0.2) is 5.76 Å². The van der Waals surface area contributed by atoms with Crippen LogP contribution in [0.4, 0.5) is 0 Å². The van der Waals surface area contributed by atoms with Gasteiger partial charge >= 0.3 is 0 Å². The van der Waals surface area contributed by atoms with E-state index in [4.69, 9.17) is 20.8 Å². The monoisotopic (exact) mass is 331 g/mol. The average Bonchev–Trinajstić information content (AvgIpc) is 3.09.